The van der Waals surface area contributed by atoms with Gasteiger partial charge in [-0.2, -0.15) is 0 Å². The molecule has 0 radical (unpaired) electrons. The zero-order chi connectivity index (χ0) is 12.6. The first kappa shape index (κ1) is 12.8. The van der Waals surface area contributed by atoms with E-state index in [1.54, 1.807) is 0 Å². The Kier molecular flexibility index (Phi) is 3.17. The van der Waals surface area contributed by atoms with Gasteiger partial charge in [0.2, 0.25) is 5.91 Å². The number of carbonyl (C=O) groups excluding carboxylic acids is 2. The van der Waals surface area contributed by atoms with Gasteiger partial charge in [0.15, 0.2) is 0 Å². The number of rotatable bonds is 3. The maximum absolute atomic E-state index is 11.5. The van der Waals surface area contributed by atoms with E-state index in [1.807, 2.05) is 27.7 Å². The second kappa shape index (κ2) is 3.96. The van der Waals surface area contributed by atoms with Crippen LogP contribution in [0.15, 0.2) is 0 Å². The summed E-state index contributed by atoms with van der Waals surface area (Å²) in [4.78, 5) is 22.7. The van der Waals surface area contributed by atoms with Crippen LogP contribution in [0.1, 0.15) is 40.5 Å². The van der Waals surface area contributed by atoms with Crippen molar-refractivity contribution >= 4 is 12.0 Å². The average molecular weight is 228 g/mol. The van der Waals surface area contributed by atoms with Crippen LogP contribution >= 0.6 is 0 Å². The minimum Gasteiger partial charge on any atom is -0.443 e. The third-order valence-electron chi connectivity index (χ3n) is 2.71. The maximum Gasteiger partial charge on any atom is 0.408 e. The Bertz CT molecular complexity index is 303. The summed E-state index contributed by atoms with van der Waals surface area (Å²) in [7, 11) is 0. The second-order valence-corrected chi connectivity index (χ2v) is 5.69. The molecule has 1 aliphatic carbocycles. The molecular weight excluding hydrogens is 208 g/mol. The maximum atomic E-state index is 11.5. The highest BCUT2D eigenvalue weighted by molar-refractivity contribution is 5.85. The molecule has 5 nitrogen and oxygen atoms in total. The molecule has 0 aromatic carbocycles. The van der Waals surface area contributed by atoms with E-state index in [1.165, 1.54) is 0 Å². The number of carbonyl (C=O) groups is 2. The number of amides is 2. The monoisotopic (exact) mass is 228 g/mol. The van der Waals surface area contributed by atoms with E-state index >= 15 is 0 Å². The van der Waals surface area contributed by atoms with Gasteiger partial charge in [-0.05, 0) is 25.2 Å². The minimum absolute atomic E-state index is 0.343. The van der Waals surface area contributed by atoms with Crippen molar-refractivity contribution in [1.29, 1.82) is 0 Å². The Balaban J connectivity index is 2.55. The highest BCUT2D eigenvalue weighted by Crippen LogP contribution is 2.38. The van der Waals surface area contributed by atoms with Gasteiger partial charge in [0.1, 0.15) is 11.6 Å². The molecule has 0 spiro atoms. The number of nitrogens with two attached hydrogens (primary N) is 1. The molecule has 1 fully saturated rings. The van der Waals surface area contributed by atoms with E-state index in [0.29, 0.717) is 0 Å². The van der Waals surface area contributed by atoms with E-state index < -0.39 is 23.5 Å². The van der Waals surface area contributed by atoms with Crippen molar-refractivity contribution in [2.24, 2.45) is 11.1 Å². The second-order valence-electron chi connectivity index (χ2n) is 5.69. The van der Waals surface area contributed by atoms with Gasteiger partial charge in [-0.1, -0.05) is 20.8 Å². The number of alkyl carbamates (subject to hydrolysis) is 1. The van der Waals surface area contributed by atoms with Gasteiger partial charge >= 0.3 is 6.09 Å². The molecule has 3 N–H and O–H groups in total. The van der Waals surface area contributed by atoms with Gasteiger partial charge in [0.05, 0.1) is 0 Å². The van der Waals surface area contributed by atoms with E-state index in [-0.39, 0.29) is 5.60 Å². The topological polar surface area (TPSA) is 81.4 Å². The molecule has 0 heterocycles. The highest BCUT2D eigenvalue weighted by Gasteiger charge is 2.42. The molecule has 0 bridgehead atoms. The van der Waals surface area contributed by atoms with Crippen LogP contribution in [-0.2, 0) is 9.53 Å². The van der Waals surface area contributed by atoms with Gasteiger partial charge in [-0.3, -0.25) is 4.79 Å². The zero-order valence-corrected chi connectivity index (χ0v) is 10.3. The molecule has 1 atom stereocenters. The average Bonchev–Trinajstić information content (AvgIpc) is 2.76. The van der Waals surface area contributed by atoms with Crippen LogP contribution in [0.25, 0.3) is 0 Å². The van der Waals surface area contributed by atoms with Crippen molar-refractivity contribution in [1.82, 2.24) is 5.32 Å². The van der Waals surface area contributed by atoms with Crippen molar-refractivity contribution in [2.75, 3.05) is 0 Å². The summed E-state index contributed by atoms with van der Waals surface area (Å²) >= 11 is 0. The standard InChI is InChI=1S/C11H20N2O3/c1-10(2,3)7(8(12)14)13-9(15)16-11(4)5-6-11/h7H,5-6H2,1-4H3,(H2,12,14)(H,13,15)/t7-/m1/s1. The lowest BCUT2D eigenvalue weighted by Crippen LogP contribution is -2.52. The predicted octanol–water partition coefficient (Wildman–Crippen LogP) is 1.17. The van der Waals surface area contributed by atoms with Crippen LogP contribution in [-0.4, -0.2) is 23.6 Å². The fraction of sp³-hybridized carbons (Fsp3) is 0.818. The Morgan fingerprint density at radius 2 is 1.88 bits per heavy atom. The first-order valence-electron chi connectivity index (χ1n) is 5.43. The molecule has 0 aliphatic heterocycles. The highest BCUT2D eigenvalue weighted by atomic mass is 16.6. The zero-order valence-electron chi connectivity index (χ0n) is 10.3. The Labute approximate surface area is 95.7 Å². The van der Waals surface area contributed by atoms with Crippen LogP contribution in [0, 0.1) is 5.41 Å². The summed E-state index contributed by atoms with van der Waals surface area (Å²) in [6.07, 6.45) is 1.17. The van der Waals surface area contributed by atoms with E-state index in [2.05, 4.69) is 5.32 Å². The van der Waals surface area contributed by atoms with Gasteiger partial charge < -0.3 is 15.8 Å². The molecular formula is C11H20N2O3. The first-order valence-corrected chi connectivity index (χ1v) is 5.43. The fourth-order valence-corrected chi connectivity index (χ4v) is 1.36. The quantitative estimate of drug-likeness (QED) is 0.760. The Morgan fingerprint density at radius 3 is 2.19 bits per heavy atom. The van der Waals surface area contributed by atoms with Gasteiger partial charge in [0, 0.05) is 0 Å². The molecule has 16 heavy (non-hydrogen) atoms. The molecule has 0 aromatic rings. The third-order valence-corrected chi connectivity index (χ3v) is 2.71. The lowest BCUT2D eigenvalue weighted by Gasteiger charge is -2.28. The van der Waals surface area contributed by atoms with Crippen molar-refractivity contribution in [3.05, 3.63) is 0 Å². The van der Waals surface area contributed by atoms with Crippen LogP contribution in [0.2, 0.25) is 0 Å². The molecule has 1 rings (SSSR count). The first-order chi connectivity index (χ1) is 7.14. The molecule has 0 aromatic heterocycles. The SMILES string of the molecule is CC1(OC(=O)N[C@H](C(N)=O)C(C)(C)C)CC1. The largest absolute Gasteiger partial charge is 0.443 e. The molecule has 1 saturated carbocycles. The number of ether oxygens (including phenoxy) is 1. The smallest absolute Gasteiger partial charge is 0.408 e. The van der Waals surface area contributed by atoms with Crippen LogP contribution < -0.4 is 11.1 Å². The van der Waals surface area contributed by atoms with Crippen LogP contribution in [0.5, 0.6) is 0 Å². The lowest BCUT2D eigenvalue weighted by molar-refractivity contribution is -0.122. The Hall–Kier alpha value is -1.26. The predicted molar refractivity (Wildman–Crippen MR) is 59.7 cm³/mol. The van der Waals surface area contributed by atoms with E-state index in [0.717, 1.165) is 12.8 Å². The fourth-order valence-electron chi connectivity index (χ4n) is 1.36. The van der Waals surface area contributed by atoms with Crippen molar-refractivity contribution < 1.29 is 14.3 Å². The third kappa shape index (κ3) is 3.40. The number of nitrogens with one attached hydrogen (secondary N) is 1. The summed E-state index contributed by atoms with van der Waals surface area (Å²) in [6, 6.07) is -0.720. The minimum atomic E-state index is -0.720. The summed E-state index contributed by atoms with van der Waals surface area (Å²) in [5.74, 6) is -0.551. The van der Waals surface area contributed by atoms with Gasteiger partial charge in [0.25, 0.3) is 0 Å². The van der Waals surface area contributed by atoms with Crippen molar-refractivity contribution in [2.45, 2.75) is 52.2 Å². The normalized spacial score (nSPS) is 19.8. The summed E-state index contributed by atoms with van der Waals surface area (Å²) in [6.45, 7) is 7.37. The molecule has 0 unspecified atom stereocenters. The molecule has 5 heteroatoms. The van der Waals surface area contributed by atoms with Crippen LogP contribution in [0.4, 0.5) is 4.79 Å². The molecule has 2 amide bonds. The van der Waals surface area contributed by atoms with Gasteiger partial charge in [-0.25, -0.2) is 4.79 Å². The van der Waals surface area contributed by atoms with E-state index in [4.69, 9.17) is 10.5 Å². The summed E-state index contributed by atoms with van der Waals surface area (Å²) in [5.41, 5.74) is 4.48. The Morgan fingerprint density at radius 1 is 1.38 bits per heavy atom. The summed E-state index contributed by atoms with van der Waals surface area (Å²) < 4.78 is 5.17. The van der Waals surface area contributed by atoms with Crippen molar-refractivity contribution in [3.8, 4) is 0 Å². The molecule has 1 aliphatic rings. The van der Waals surface area contributed by atoms with E-state index in [9.17, 15) is 9.59 Å². The molecule has 92 valence electrons. The van der Waals surface area contributed by atoms with Crippen LogP contribution in [0.3, 0.4) is 0 Å². The number of hydrogen-bond acceptors (Lipinski definition) is 3. The number of primary amides is 1. The summed E-state index contributed by atoms with van der Waals surface area (Å²) in [5, 5.41) is 2.52. The van der Waals surface area contributed by atoms with Gasteiger partial charge in [-0.15, -0.1) is 0 Å². The van der Waals surface area contributed by atoms with Crippen molar-refractivity contribution in [3.63, 3.8) is 0 Å². The lowest BCUT2D eigenvalue weighted by atomic mass is 9.86. The molecule has 0 saturated heterocycles. The number of hydrogen-bond donors (Lipinski definition) is 2.